The molecule has 1 rings (SSSR count). The molecule has 0 bridgehead atoms. The summed E-state index contributed by atoms with van der Waals surface area (Å²) in [6, 6.07) is 5.91. The average Bonchev–Trinajstić information content (AvgIpc) is 2.40. The first-order chi connectivity index (χ1) is 8.54. The molecule has 0 saturated heterocycles. The predicted octanol–water partition coefficient (Wildman–Crippen LogP) is 3.50. The number of amides is 1. The highest BCUT2D eigenvalue weighted by Crippen LogP contribution is 2.11. The molecular weight excluding hydrogens is 224 g/mol. The molecule has 3 heteroatoms. The van der Waals surface area contributed by atoms with Crippen molar-refractivity contribution >= 4 is 5.91 Å². The summed E-state index contributed by atoms with van der Waals surface area (Å²) in [5, 5.41) is 2.95. The van der Waals surface area contributed by atoms with Gasteiger partial charge in [0.1, 0.15) is 0 Å². The summed E-state index contributed by atoms with van der Waals surface area (Å²) in [5.74, 6) is 0.0769. The third kappa shape index (κ3) is 5.30. The fourth-order valence-electron chi connectivity index (χ4n) is 1.39. The van der Waals surface area contributed by atoms with Crippen molar-refractivity contribution in [2.45, 2.75) is 54.0 Å². The minimum Gasteiger partial charge on any atom is -0.348 e. The highest BCUT2D eigenvalue weighted by Gasteiger charge is 2.13. The molecule has 1 N–H and O–H groups in total. The Bertz CT molecular complexity index is 361. The quantitative estimate of drug-likeness (QED) is 0.888. The van der Waals surface area contributed by atoms with Crippen molar-refractivity contribution in [1.82, 2.24) is 10.3 Å². The average molecular weight is 250 g/mol. The van der Waals surface area contributed by atoms with Gasteiger partial charge in [-0.2, -0.15) is 0 Å². The third-order valence-corrected chi connectivity index (χ3v) is 2.52. The van der Waals surface area contributed by atoms with Crippen LogP contribution in [0.4, 0.5) is 0 Å². The highest BCUT2D eigenvalue weighted by atomic mass is 16.1. The van der Waals surface area contributed by atoms with Crippen LogP contribution in [-0.2, 0) is 11.2 Å². The molecule has 0 aliphatic carbocycles. The predicted molar refractivity (Wildman–Crippen MR) is 76.4 cm³/mol. The van der Waals surface area contributed by atoms with E-state index in [-0.39, 0.29) is 17.9 Å². The van der Waals surface area contributed by atoms with Crippen molar-refractivity contribution < 1.29 is 4.79 Å². The lowest BCUT2D eigenvalue weighted by Crippen LogP contribution is -2.30. The van der Waals surface area contributed by atoms with Crippen molar-refractivity contribution in [2.24, 2.45) is 5.92 Å². The Morgan fingerprint density at radius 3 is 2.39 bits per heavy atom. The summed E-state index contributed by atoms with van der Waals surface area (Å²) in [6.07, 6.45) is 0.915. The number of hydrogen-bond acceptors (Lipinski definition) is 2. The molecule has 1 atom stereocenters. The smallest absolute Gasteiger partial charge is 0.223 e. The van der Waals surface area contributed by atoms with Crippen LogP contribution in [0.25, 0.3) is 0 Å². The Morgan fingerprint density at radius 2 is 1.89 bits per heavy atom. The molecule has 1 unspecified atom stereocenters. The molecule has 1 aromatic heterocycles. The molecule has 0 fully saturated rings. The van der Waals surface area contributed by atoms with Crippen LogP contribution in [0.1, 0.15) is 59.0 Å². The van der Waals surface area contributed by atoms with Gasteiger partial charge in [-0.1, -0.05) is 40.7 Å². The largest absolute Gasteiger partial charge is 0.348 e. The zero-order chi connectivity index (χ0) is 14.1. The van der Waals surface area contributed by atoms with E-state index in [1.54, 1.807) is 0 Å². The minimum atomic E-state index is -0.0265. The van der Waals surface area contributed by atoms with E-state index in [4.69, 9.17) is 0 Å². The number of carbonyl (C=O) groups is 1. The zero-order valence-corrected chi connectivity index (χ0v) is 12.4. The molecule has 0 aliphatic rings. The molecule has 0 aromatic carbocycles. The van der Waals surface area contributed by atoms with E-state index in [1.807, 2.05) is 52.8 Å². The molecule has 1 aromatic rings. The summed E-state index contributed by atoms with van der Waals surface area (Å²) < 4.78 is 0. The maximum absolute atomic E-state index is 11.5. The summed E-state index contributed by atoms with van der Waals surface area (Å²) in [7, 11) is 0. The monoisotopic (exact) mass is 250 g/mol. The van der Waals surface area contributed by atoms with Gasteiger partial charge < -0.3 is 5.32 Å². The number of nitrogens with zero attached hydrogens (tertiary/aromatic N) is 1. The van der Waals surface area contributed by atoms with Gasteiger partial charge in [-0.15, -0.1) is 0 Å². The zero-order valence-electron chi connectivity index (χ0n) is 12.4. The number of nitrogens with one attached hydrogen (secondary N) is 1. The van der Waals surface area contributed by atoms with Crippen LogP contribution in [0.2, 0.25) is 0 Å². The molecule has 3 nitrogen and oxygen atoms in total. The third-order valence-electron chi connectivity index (χ3n) is 2.52. The Balaban J connectivity index is 0.00000137. The van der Waals surface area contributed by atoms with Gasteiger partial charge in [0.2, 0.25) is 5.91 Å². The molecule has 0 radical (unpaired) electrons. The van der Waals surface area contributed by atoms with Gasteiger partial charge in [-0.05, 0) is 25.5 Å². The number of carbonyl (C=O) groups excluding carboxylic acids is 1. The van der Waals surface area contributed by atoms with Crippen LogP contribution in [-0.4, -0.2) is 10.9 Å². The van der Waals surface area contributed by atoms with Gasteiger partial charge in [0, 0.05) is 11.6 Å². The van der Waals surface area contributed by atoms with E-state index < -0.39 is 0 Å². The number of pyridine rings is 1. The van der Waals surface area contributed by atoms with Crippen molar-refractivity contribution in [3.05, 3.63) is 29.6 Å². The van der Waals surface area contributed by atoms with E-state index in [9.17, 15) is 4.79 Å². The molecule has 0 spiro atoms. The van der Waals surface area contributed by atoms with E-state index in [2.05, 4.69) is 17.2 Å². The van der Waals surface area contributed by atoms with E-state index in [0.29, 0.717) is 0 Å². The second-order valence-electron chi connectivity index (χ2n) is 4.29. The molecule has 0 saturated carbocycles. The second kappa shape index (κ2) is 8.67. The Kier molecular flexibility index (Phi) is 8.01. The Morgan fingerprint density at radius 1 is 1.28 bits per heavy atom. The highest BCUT2D eigenvalue weighted by molar-refractivity contribution is 5.78. The number of rotatable bonds is 4. The molecule has 18 heavy (non-hydrogen) atoms. The van der Waals surface area contributed by atoms with Crippen LogP contribution in [0.15, 0.2) is 18.2 Å². The summed E-state index contributed by atoms with van der Waals surface area (Å²) in [4.78, 5) is 16.0. The standard InChI is InChI=1S/C13H20N2O.C2H6/c1-5-11-7-6-8-12(15-11)10(4)14-13(16)9(2)3;1-2/h6-10H,5H2,1-4H3,(H,14,16);1-2H3. The molecule has 1 amide bonds. The summed E-state index contributed by atoms with van der Waals surface area (Å²) >= 11 is 0. The fraction of sp³-hybridized carbons (Fsp3) is 0.600. The first kappa shape index (κ1) is 16.6. The van der Waals surface area contributed by atoms with E-state index in [0.717, 1.165) is 17.8 Å². The molecule has 1 heterocycles. The lowest BCUT2D eigenvalue weighted by molar-refractivity contribution is -0.124. The van der Waals surface area contributed by atoms with Crippen molar-refractivity contribution in [3.63, 3.8) is 0 Å². The minimum absolute atomic E-state index is 0.0109. The number of aromatic nitrogens is 1. The first-order valence-corrected chi connectivity index (χ1v) is 6.80. The second-order valence-corrected chi connectivity index (χ2v) is 4.29. The summed E-state index contributed by atoms with van der Waals surface area (Å²) in [5.41, 5.74) is 1.98. The van der Waals surface area contributed by atoms with Gasteiger partial charge in [0.15, 0.2) is 0 Å². The van der Waals surface area contributed by atoms with Gasteiger partial charge in [-0.3, -0.25) is 9.78 Å². The SMILES string of the molecule is CC.CCc1cccc(C(C)NC(=O)C(C)C)n1. The van der Waals surface area contributed by atoms with Crippen LogP contribution in [0.3, 0.4) is 0 Å². The topological polar surface area (TPSA) is 42.0 Å². The van der Waals surface area contributed by atoms with Crippen molar-refractivity contribution in [1.29, 1.82) is 0 Å². The van der Waals surface area contributed by atoms with Crippen molar-refractivity contribution in [3.8, 4) is 0 Å². The van der Waals surface area contributed by atoms with E-state index >= 15 is 0 Å². The normalized spacial score (nSPS) is 11.5. The lowest BCUT2D eigenvalue weighted by Gasteiger charge is -2.15. The van der Waals surface area contributed by atoms with Crippen LogP contribution in [0, 0.1) is 5.92 Å². The van der Waals surface area contributed by atoms with Crippen LogP contribution < -0.4 is 5.32 Å². The number of hydrogen-bond donors (Lipinski definition) is 1. The van der Waals surface area contributed by atoms with Gasteiger partial charge in [0.25, 0.3) is 0 Å². The fourth-order valence-corrected chi connectivity index (χ4v) is 1.39. The van der Waals surface area contributed by atoms with E-state index in [1.165, 1.54) is 0 Å². The Hall–Kier alpha value is -1.38. The first-order valence-electron chi connectivity index (χ1n) is 6.80. The van der Waals surface area contributed by atoms with Gasteiger partial charge in [0.05, 0.1) is 11.7 Å². The lowest BCUT2D eigenvalue weighted by atomic mass is 10.1. The molecule has 0 aliphatic heterocycles. The molecular formula is C15H26N2O. The summed E-state index contributed by atoms with van der Waals surface area (Å²) in [6.45, 7) is 11.8. The Labute approximate surface area is 111 Å². The van der Waals surface area contributed by atoms with Crippen LogP contribution >= 0.6 is 0 Å². The van der Waals surface area contributed by atoms with Gasteiger partial charge >= 0.3 is 0 Å². The maximum Gasteiger partial charge on any atom is 0.223 e. The van der Waals surface area contributed by atoms with Gasteiger partial charge in [-0.25, -0.2) is 0 Å². The maximum atomic E-state index is 11.5. The number of aryl methyl sites for hydroxylation is 1. The molecule has 102 valence electrons. The van der Waals surface area contributed by atoms with Crippen LogP contribution in [0.5, 0.6) is 0 Å². The van der Waals surface area contributed by atoms with Crippen molar-refractivity contribution in [2.75, 3.05) is 0 Å².